The molecule has 5 rings (SSSR count). The normalized spacial score (nSPS) is 19.4. The van der Waals surface area contributed by atoms with Gasteiger partial charge in [-0.05, 0) is 59.5 Å². The zero-order valence-electron chi connectivity index (χ0n) is 15.5. The molecule has 2 aromatic heterocycles. The van der Waals surface area contributed by atoms with Gasteiger partial charge in [0.25, 0.3) is 0 Å². The van der Waals surface area contributed by atoms with Crippen molar-refractivity contribution >= 4 is 34.1 Å². The van der Waals surface area contributed by atoms with Crippen molar-refractivity contribution < 1.29 is 13.6 Å². The molecule has 9 heteroatoms. The van der Waals surface area contributed by atoms with Gasteiger partial charge >= 0.3 is 0 Å². The highest BCUT2D eigenvalue weighted by molar-refractivity contribution is 9.10. The molecular formula is C20H17BrF2N4OS. The quantitative estimate of drug-likeness (QED) is 0.411. The number of hydrogen-bond donors (Lipinski definition) is 0. The maximum Gasteiger partial charge on any atom is 0.244 e. The minimum absolute atomic E-state index is 0.0442. The van der Waals surface area contributed by atoms with E-state index in [2.05, 4.69) is 20.9 Å². The zero-order valence-corrected chi connectivity index (χ0v) is 17.9. The Kier molecular flexibility index (Phi) is 4.19. The zero-order chi connectivity index (χ0) is 20.5. The molecule has 3 aromatic rings. The van der Waals surface area contributed by atoms with Crippen molar-refractivity contribution in [3.8, 4) is 0 Å². The summed E-state index contributed by atoms with van der Waals surface area (Å²) in [6.45, 7) is 0.391. The molecule has 1 atom stereocenters. The molecule has 1 aromatic carbocycles. The summed E-state index contributed by atoms with van der Waals surface area (Å²) in [6, 6.07) is 2.65. The van der Waals surface area contributed by atoms with Crippen molar-refractivity contribution in [1.29, 1.82) is 0 Å². The van der Waals surface area contributed by atoms with Gasteiger partial charge in [-0.25, -0.2) is 13.8 Å². The van der Waals surface area contributed by atoms with Crippen molar-refractivity contribution in [1.82, 2.24) is 18.7 Å². The molecule has 1 aliphatic carbocycles. The van der Waals surface area contributed by atoms with Crippen molar-refractivity contribution in [2.24, 2.45) is 7.05 Å². The number of carbonyl (C=O) groups is 1. The molecular weight excluding hydrogens is 462 g/mol. The van der Waals surface area contributed by atoms with Gasteiger partial charge in [-0.2, -0.15) is 0 Å². The molecule has 1 fully saturated rings. The topological polar surface area (TPSA) is 44.8 Å². The van der Waals surface area contributed by atoms with Gasteiger partial charge in [0.1, 0.15) is 18.0 Å². The Morgan fingerprint density at radius 3 is 2.76 bits per heavy atom. The first-order chi connectivity index (χ1) is 13.8. The number of hydrogen-bond acceptors (Lipinski definition) is 3. The Bertz CT molecular complexity index is 1210. The molecule has 0 N–H and O–H groups in total. The number of aromatic nitrogens is 4. The van der Waals surface area contributed by atoms with E-state index in [0.29, 0.717) is 30.6 Å². The molecule has 1 saturated carbocycles. The van der Waals surface area contributed by atoms with Crippen LogP contribution in [0.3, 0.4) is 0 Å². The summed E-state index contributed by atoms with van der Waals surface area (Å²) in [5.74, 6) is -1.55. The number of benzene rings is 1. The number of halogens is 3. The molecule has 150 valence electrons. The predicted octanol–water partition coefficient (Wildman–Crippen LogP) is 4.51. The lowest BCUT2D eigenvalue weighted by Crippen LogP contribution is -2.29. The number of nitrogens with zero attached hydrogens (tertiary/aromatic N) is 4. The lowest BCUT2D eigenvalue weighted by atomic mass is 9.92. The monoisotopic (exact) mass is 478 g/mol. The smallest absolute Gasteiger partial charge is 0.244 e. The average molecular weight is 479 g/mol. The van der Waals surface area contributed by atoms with Crippen LogP contribution in [0.25, 0.3) is 0 Å². The molecule has 2 aliphatic rings. The second kappa shape index (κ2) is 6.43. The van der Waals surface area contributed by atoms with Gasteiger partial charge in [0, 0.05) is 43.2 Å². The summed E-state index contributed by atoms with van der Waals surface area (Å²) in [5, 5.41) is 0. The van der Waals surface area contributed by atoms with Gasteiger partial charge in [-0.15, -0.1) is 0 Å². The highest BCUT2D eigenvalue weighted by Crippen LogP contribution is 2.52. The molecule has 5 nitrogen and oxygen atoms in total. The van der Waals surface area contributed by atoms with Crippen LogP contribution in [-0.4, -0.2) is 24.6 Å². The molecule has 0 amide bonds. The molecule has 0 saturated heterocycles. The highest BCUT2D eigenvalue weighted by Gasteiger charge is 2.56. The van der Waals surface area contributed by atoms with Gasteiger partial charge in [0.05, 0.1) is 15.6 Å². The lowest BCUT2D eigenvalue weighted by Gasteiger charge is -2.18. The fourth-order valence-electron chi connectivity index (χ4n) is 4.64. The van der Waals surface area contributed by atoms with Gasteiger partial charge in [0.15, 0.2) is 4.77 Å². The lowest BCUT2D eigenvalue weighted by molar-refractivity contribution is 0.0858. The van der Waals surface area contributed by atoms with Crippen LogP contribution in [0, 0.1) is 16.4 Å². The van der Waals surface area contributed by atoms with E-state index in [4.69, 9.17) is 12.2 Å². The number of carbonyl (C=O) groups excluding carboxylic acids is 1. The molecule has 0 unspecified atom stereocenters. The third-order valence-electron chi connectivity index (χ3n) is 6.13. The second-order valence-corrected chi connectivity index (χ2v) is 8.98. The molecule has 3 heterocycles. The van der Waals surface area contributed by atoms with Crippen LogP contribution < -0.4 is 0 Å². The third kappa shape index (κ3) is 2.63. The standard InChI is InChI=1S/C20H17BrF2N4OS/c1-25-17(20(4-5-20)18(28)26-7-6-24-10-26)14-8-11(9-27(14)19(25)29)15-13(22)3-2-12(21)16(15)23/h2-3,6-7,10-11H,4-5,8-9H2,1H3/t11-/m1/s1. The van der Waals surface area contributed by atoms with Crippen LogP contribution >= 0.6 is 28.1 Å². The summed E-state index contributed by atoms with van der Waals surface area (Å²) in [6.07, 6.45) is 6.58. The fourth-order valence-corrected chi connectivity index (χ4v) is 5.26. The van der Waals surface area contributed by atoms with Crippen LogP contribution in [-0.2, 0) is 25.4 Å². The van der Waals surface area contributed by atoms with Crippen molar-refractivity contribution in [3.63, 3.8) is 0 Å². The SMILES string of the molecule is Cn1c(C2(C(=O)n3ccnc3)CC2)c2n(c1=S)C[C@H](c1c(F)ccc(Br)c1F)C2. The fraction of sp³-hybridized carbons (Fsp3) is 0.350. The maximum atomic E-state index is 14.7. The van der Waals surface area contributed by atoms with E-state index in [9.17, 15) is 13.6 Å². The number of fused-ring (bicyclic) bond motifs is 1. The van der Waals surface area contributed by atoms with Gasteiger partial charge in [0.2, 0.25) is 5.91 Å². The molecule has 1 aliphatic heterocycles. The Morgan fingerprint density at radius 2 is 2.10 bits per heavy atom. The van der Waals surface area contributed by atoms with Crippen molar-refractivity contribution in [3.05, 3.63) is 68.7 Å². The van der Waals surface area contributed by atoms with Crippen LogP contribution in [0.2, 0.25) is 0 Å². The van der Waals surface area contributed by atoms with Crippen molar-refractivity contribution in [2.45, 2.75) is 37.1 Å². The minimum atomic E-state index is -0.660. The van der Waals surface area contributed by atoms with E-state index in [-0.39, 0.29) is 21.9 Å². The first-order valence-electron chi connectivity index (χ1n) is 9.30. The summed E-state index contributed by atoms with van der Waals surface area (Å²) < 4.78 is 35.3. The molecule has 0 spiro atoms. The van der Waals surface area contributed by atoms with E-state index >= 15 is 0 Å². The number of imidazole rings is 2. The van der Waals surface area contributed by atoms with E-state index in [0.717, 1.165) is 11.4 Å². The van der Waals surface area contributed by atoms with Crippen molar-refractivity contribution in [2.75, 3.05) is 0 Å². The summed E-state index contributed by atoms with van der Waals surface area (Å²) in [5.41, 5.74) is 1.16. The molecule has 29 heavy (non-hydrogen) atoms. The Labute approximate surface area is 179 Å². The minimum Gasteiger partial charge on any atom is -0.323 e. The van der Waals surface area contributed by atoms with Gasteiger partial charge < -0.3 is 9.13 Å². The summed E-state index contributed by atoms with van der Waals surface area (Å²) in [7, 11) is 1.86. The highest BCUT2D eigenvalue weighted by atomic mass is 79.9. The van der Waals surface area contributed by atoms with E-state index in [1.54, 1.807) is 12.4 Å². The van der Waals surface area contributed by atoms with E-state index in [1.165, 1.54) is 23.0 Å². The molecule has 0 radical (unpaired) electrons. The third-order valence-corrected chi connectivity index (χ3v) is 7.24. The largest absolute Gasteiger partial charge is 0.323 e. The first-order valence-corrected chi connectivity index (χ1v) is 10.5. The Morgan fingerprint density at radius 1 is 1.34 bits per heavy atom. The average Bonchev–Trinajstić information content (AvgIpc) is 3.04. The second-order valence-electron chi connectivity index (χ2n) is 7.76. The van der Waals surface area contributed by atoms with Gasteiger partial charge in [-0.3, -0.25) is 9.36 Å². The van der Waals surface area contributed by atoms with Crippen LogP contribution in [0.5, 0.6) is 0 Å². The molecule has 0 bridgehead atoms. The van der Waals surface area contributed by atoms with Crippen LogP contribution in [0.1, 0.15) is 40.5 Å². The number of rotatable bonds is 3. The predicted molar refractivity (Wildman–Crippen MR) is 109 cm³/mol. The van der Waals surface area contributed by atoms with Crippen LogP contribution in [0.4, 0.5) is 8.78 Å². The van der Waals surface area contributed by atoms with Gasteiger partial charge in [-0.1, -0.05) is 0 Å². The Hall–Kier alpha value is -2.13. The Balaban J connectivity index is 1.59. The van der Waals surface area contributed by atoms with E-state index < -0.39 is 17.0 Å². The first kappa shape index (κ1) is 18.9. The summed E-state index contributed by atoms with van der Waals surface area (Å²) in [4.78, 5) is 17.2. The maximum absolute atomic E-state index is 14.7. The van der Waals surface area contributed by atoms with E-state index in [1.807, 2.05) is 16.2 Å². The summed E-state index contributed by atoms with van der Waals surface area (Å²) >= 11 is 8.77. The van der Waals surface area contributed by atoms with Crippen LogP contribution in [0.15, 0.2) is 35.3 Å².